The van der Waals surface area contributed by atoms with Gasteiger partial charge < -0.3 is 9.47 Å². The Morgan fingerprint density at radius 3 is 1.92 bits per heavy atom. The van der Waals surface area contributed by atoms with Crippen LogP contribution in [0, 0.1) is 0 Å². The van der Waals surface area contributed by atoms with Gasteiger partial charge in [-0.3, -0.25) is 0 Å². The molecule has 2 heteroatoms. The SMILES string of the molecule is C1=CC(c2ccccc2)CC(N(c2ccc(-c3ccccc3)cc2)C2C=CC(c3ccccc3-c3ccc(-n4c5ccccc5c5cc6ccccc6cc54)cc3)=CC2)=C1. The van der Waals surface area contributed by atoms with Crippen molar-refractivity contribution in [1.82, 2.24) is 4.57 Å². The highest BCUT2D eigenvalue weighted by Crippen LogP contribution is 2.40. The summed E-state index contributed by atoms with van der Waals surface area (Å²) in [5.74, 6) is 0.337. The van der Waals surface area contributed by atoms with Crippen LogP contribution in [0.1, 0.15) is 29.9 Å². The summed E-state index contributed by atoms with van der Waals surface area (Å²) >= 11 is 0. The van der Waals surface area contributed by atoms with Crippen LogP contribution in [0.2, 0.25) is 0 Å². The summed E-state index contributed by atoms with van der Waals surface area (Å²) in [5.41, 5.74) is 15.0. The van der Waals surface area contributed by atoms with Crippen molar-refractivity contribution in [2.45, 2.75) is 24.8 Å². The molecule has 286 valence electrons. The van der Waals surface area contributed by atoms with Crippen LogP contribution in [0.15, 0.2) is 236 Å². The average molecular weight is 769 g/mol. The number of rotatable bonds is 8. The molecule has 2 atom stereocenters. The molecule has 2 nitrogen and oxygen atoms in total. The van der Waals surface area contributed by atoms with Crippen LogP contribution in [0.25, 0.3) is 66.1 Å². The predicted molar refractivity (Wildman–Crippen MR) is 255 cm³/mol. The normalized spacial score (nSPS) is 16.3. The molecule has 0 bridgehead atoms. The Kier molecular flexibility index (Phi) is 9.17. The molecule has 2 unspecified atom stereocenters. The number of nitrogens with zero attached hydrogens (tertiary/aromatic N) is 2. The van der Waals surface area contributed by atoms with Gasteiger partial charge in [-0.05, 0) is 111 Å². The lowest BCUT2D eigenvalue weighted by Gasteiger charge is -2.37. The molecule has 0 amide bonds. The zero-order valence-corrected chi connectivity index (χ0v) is 33.4. The fraction of sp³-hybridized carbons (Fsp3) is 0.0690. The highest BCUT2D eigenvalue weighted by Gasteiger charge is 2.26. The van der Waals surface area contributed by atoms with Crippen LogP contribution in [0.4, 0.5) is 5.69 Å². The summed E-state index contributed by atoms with van der Waals surface area (Å²) in [6, 6.07) is 71.0. The van der Waals surface area contributed by atoms with E-state index in [-0.39, 0.29) is 6.04 Å². The van der Waals surface area contributed by atoms with Gasteiger partial charge in [0.15, 0.2) is 0 Å². The van der Waals surface area contributed by atoms with Crippen molar-refractivity contribution >= 4 is 43.8 Å². The zero-order chi connectivity index (χ0) is 39.8. The topological polar surface area (TPSA) is 8.17 Å². The highest BCUT2D eigenvalue weighted by atomic mass is 15.2. The first-order valence-corrected chi connectivity index (χ1v) is 21.1. The quantitative estimate of drug-likeness (QED) is 0.149. The van der Waals surface area contributed by atoms with E-state index in [9.17, 15) is 0 Å². The summed E-state index contributed by atoms with van der Waals surface area (Å²) in [7, 11) is 0. The summed E-state index contributed by atoms with van der Waals surface area (Å²) in [5, 5.41) is 5.07. The Morgan fingerprint density at radius 1 is 0.500 bits per heavy atom. The maximum absolute atomic E-state index is 2.57. The predicted octanol–water partition coefficient (Wildman–Crippen LogP) is 15.1. The second-order valence-electron chi connectivity index (χ2n) is 16.0. The second-order valence-corrected chi connectivity index (χ2v) is 16.0. The summed E-state index contributed by atoms with van der Waals surface area (Å²) in [6.07, 6.45) is 16.0. The first-order chi connectivity index (χ1) is 29.7. The molecule has 0 fully saturated rings. The second kappa shape index (κ2) is 15.4. The standard InChI is InChI=1S/C58H44N2/c1-3-14-41(15-4-1)43-26-32-49(33-27-43)59(52-21-13-20-46(38-52)42-16-5-2-6-17-42)50-34-28-44(29-35-50)53-22-9-10-23-54(53)45-30-36-51(37-31-45)60-57-25-12-11-24-55(57)56-39-47-18-7-8-19-48(47)40-58(56)60/h1-34,36-37,39-40,46,50H,35,38H2. The van der Waals surface area contributed by atoms with Gasteiger partial charge in [-0.2, -0.15) is 0 Å². The maximum Gasteiger partial charge on any atom is 0.0557 e. The molecule has 2 aliphatic rings. The van der Waals surface area contributed by atoms with Crippen LogP contribution >= 0.6 is 0 Å². The Bertz CT molecular complexity index is 3130. The molecule has 60 heavy (non-hydrogen) atoms. The van der Waals surface area contributed by atoms with Crippen molar-refractivity contribution in [2.24, 2.45) is 0 Å². The van der Waals surface area contributed by atoms with Gasteiger partial charge in [-0.1, -0.05) is 182 Å². The molecule has 1 heterocycles. The summed E-state index contributed by atoms with van der Waals surface area (Å²) in [4.78, 5) is 2.57. The van der Waals surface area contributed by atoms with Crippen molar-refractivity contribution < 1.29 is 0 Å². The van der Waals surface area contributed by atoms with Gasteiger partial charge in [0, 0.05) is 33.8 Å². The third-order valence-corrected chi connectivity index (χ3v) is 12.5. The first kappa shape index (κ1) is 35.7. The fourth-order valence-corrected chi connectivity index (χ4v) is 9.50. The van der Waals surface area contributed by atoms with E-state index in [0.717, 1.165) is 18.5 Å². The number of allylic oxidation sites excluding steroid dienone is 6. The molecule has 0 saturated carbocycles. The monoisotopic (exact) mass is 768 g/mol. The molecule has 0 saturated heterocycles. The van der Waals surface area contributed by atoms with Crippen molar-refractivity contribution in [3.63, 3.8) is 0 Å². The molecular weight excluding hydrogens is 725 g/mol. The van der Waals surface area contributed by atoms with E-state index in [0.29, 0.717) is 5.92 Å². The lowest BCUT2D eigenvalue weighted by Crippen LogP contribution is -2.35. The van der Waals surface area contributed by atoms with Crippen LogP contribution < -0.4 is 4.90 Å². The van der Waals surface area contributed by atoms with Gasteiger partial charge in [-0.15, -0.1) is 0 Å². The molecule has 9 aromatic rings. The molecule has 1 aromatic heterocycles. The number of para-hydroxylation sites is 1. The molecule has 11 rings (SSSR count). The van der Waals surface area contributed by atoms with Crippen molar-refractivity contribution in [3.8, 4) is 27.9 Å². The van der Waals surface area contributed by atoms with Gasteiger partial charge >= 0.3 is 0 Å². The van der Waals surface area contributed by atoms with Gasteiger partial charge in [0.25, 0.3) is 0 Å². The minimum absolute atomic E-state index is 0.181. The number of benzene rings is 8. The van der Waals surface area contributed by atoms with Crippen LogP contribution in [-0.4, -0.2) is 10.6 Å². The molecule has 0 spiro atoms. The summed E-state index contributed by atoms with van der Waals surface area (Å²) in [6.45, 7) is 0. The van der Waals surface area contributed by atoms with Crippen LogP contribution in [0.3, 0.4) is 0 Å². The maximum atomic E-state index is 2.57. The lowest BCUT2D eigenvalue weighted by atomic mass is 9.88. The number of anilines is 1. The van der Waals surface area contributed by atoms with Gasteiger partial charge in [-0.25, -0.2) is 0 Å². The molecule has 2 aliphatic carbocycles. The van der Waals surface area contributed by atoms with E-state index >= 15 is 0 Å². The van der Waals surface area contributed by atoms with Gasteiger partial charge in [0.1, 0.15) is 0 Å². The van der Waals surface area contributed by atoms with E-state index in [4.69, 9.17) is 0 Å². The van der Waals surface area contributed by atoms with E-state index in [1.807, 2.05) is 0 Å². The zero-order valence-electron chi connectivity index (χ0n) is 33.4. The van der Waals surface area contributed by atoms with Gasteiger partial charge in [0.2, 0.25) is 0 Å². The molecule has 0 radical (unpaired) electrons. The fourth-order valence-electron chi connectivity index (χ4n) is 9.50. The molecule has 0 aliphatic heterocycles. The largest absolute Gasteiger partial charge is 0.338 e. The Hall–Kier alpha value is -7.42. The van der Waals surface area contributed by atoms with E-state index < -0.39 is 0 Å². The number of hydrogen-bond donors (Lipinski definition) is 0. The summed E-state index contributed by atoms with van der Waals surface area (Å²) < 4.78 is 2.42. The number of hydrogen-bond acceptors (Lipinski definition) is 1. The minimum atomic E-state index is 0.181. The van der Waals surface area contributed by atoms with Crippen molar-refractivity contribution in [1.29, 1.82) is 0 Å². The van der Waals surface area contributed by atoms with Crippen LogP contribution in [-0.2, 0) is 0 Å². The minimum Gasteiger partial charge on any atom is -0.338 e. The first-order valence-electron chi connectivity index (χ1n) is 21.1. The number of aromatic nitrogens is 1. The third-order valence-electron chi connectivity index (χ3n) is 12.5. The molecular formula is C58H44N2. The van der Waals surface area contributed by atoms with E-state index in [1.54, 1.807) is 0 Å². The third kappa shape index (κ3) is 6.57. The van der Waals surface area contributed by atoms with Crippen molar-refractivity contribution in [3.05, 3.63) is 247 Å². The smallest absolute Gasteiger partial charge is 0.0557 e. The Balaban J connectivity index is 0.906. The molecule has 8 aromatic carbocycles. The van der Waals surface area contributed by atoms with Gasteiger partial charge in [0.05, 0.1) is 17.1 Å². The van der Waals surface area contributed by atoms with Crippen LogP contribution in [0.5, 0.6) is 0 Å². The highest BCUT2D eigenvalue weighted by molar-refractivity contribution is 6.13. The Morgan fingerprint density at radius 2 is 1.15 bits per heavy atom. The van der Waals surface area contributed by atoms with E-state index in [2.05, 4.69) is 240 Å². The Labute approximate surface area is 352 Å². The molecule has 0 N–H and O–H groups in total. The van der Waals surface area contributed by atoms with Crippen molar-refractivity contribution in [2.75, 3.05) is 4.90 Å². The van der Waals surface area contributed by atoms with E-state index in [1.165, 1.54) is 82.9 Å². The number of fused-ring (bicyclic) bond motifs is 4. The lowest BCUT2D eigenvalue weighted by molar-refractivity contribution is 0.694. The average Bonchev–Trinajstić information content (AvgIpc) is 3.65.